The molecule has 0 saturated heterocycles. The van der Waals surface area contributed by atoms with E-state index in [1.807, 2.05) is 25.1 Å². The van der Waals surface area contributed by atoms with Crippen LogP contribution in [0.2, 0.25) is 0 Å². The Hall–Kier alpha value is -1.75. The maximum absolute atomic E-state index is 5.67. The van der Waals surface area contributed by atoms with Crippen LogP contribution in [0.25, 0.3) is 0 Å². The van der Waals surface area contributed by atoms with Crippen molar-refractivity contribution < 1.29 is 4.52 Å². The number of nitrogens with zero attached hydrogens (tertiary/aromatic N) is 3. The van der Waals surface area contributed by atoms with E-state index in [1.54, 1.807) is 6.20 Å². The number of hydrogen-bond acceptors (Lipinski definition) is 5. The van der Waals surface area contributed by atoms with E-state index in [2.05, 4.69) is 15.1 Å². The average Bonchev–Trinajstić information content (AvgIpc) is 2.75. The molecule has 1 unspecified atom stereocenters. The summed E-state index contributed by atoms with van der Waals surface area (Å²) in [6.07, 6.45) is 3.94. The van der Waals surface area contributed by atoms with E-state index in [-0.39, 0.29) is 6.04 Å². The number of pyridine rings is 1. The molecule has 17 heavy (non-hydrogen) atoms. The topological polar surface area (TPSA) is 77.8 Å². The lowest BCUT2D eigenvalue weighted by Gasteiger charge is -1.99. The van der Waals surface area contributed by atoms with Crippen LogP contribution in [0.1, 0.15) is 30.8 Å². The van der Waals surface area contributed by atoms with Gasteiger partial charge in [-0.15, -0.1) is 0 Å². The fourth-order valence-electron chi connectivity index (χ4n) is 1.48. The molecule has 90 valence electrons. The third-order valence-corrected chi connectivity index (χ3v) is 2.39. The van der Waals surface area contributed by atoms with Gasteiger partial charge in [0, 0.05) is 24.4 Å². The summed E-state index contributed by atoms with van der Waals surface area (Å²) in [7, 11) is 0. The zero-order valence-electron chi connectivity index (χ0n) is 9.84. The summed E-state index contributed by atoms with van der Waals surface area (Å²) in [6.45, 7) is 1.96. The molecule has 0 fully saturated rings. The van der Waals surface area contributed by atoms with Crippen LogP contribution in [-0.2, 0) is 12.8 Å². The number of nitrogens with two attached hydrogens (primary N) is 1. The van der Waals surface area contributed by atoms with E-state index < -0.39 is 0 Å². The normalized spacial score (nSPS) is 12.6. The molecule has 0 saturated carbocycles. The van der Waals surface area contributed by atoms with Crippen molar-refractivity contribution in [3.63, 3.8) is 0 Å². The Bertz CT molecular complexity index is 453. The van der Waals surface area contributed by atoms with E-state index in [0.29, 0.717) is 18.1 Å². The molecule has 2 aromatic rings. The summed E-state index contributed by atoms with van der Waals surface area (Å²) in [6, 6.07) is 5.92. The Morgan fingerprint density at radius 2 is 2.29 bits per heavy atom. The molecule has 1 atom stereocenters. The molecular formula is C12H16N4O. The Labute approximate surface area is 100 Å². The molecule has 0 spiro atoms. The first-order valence-electron chi connectivity index (χ1n) is 5.71. The smallest absolute Gasteiger partial charge is 0.226 e. The summed E-state index contributed by atoms with van der Waals surface area (Å²) < 4.78 is 5.14. The van der Waals surface area contributed by atoms with Gasteiger partial charge in [-0.1, -0.05) is 11.2 Å². The first-order valence-corrected chi connectivity index (χ1v) is 5.71. The van der Waals surface area contributed by atoms with Gasteiger partial charge in [0.2, 0.25) is 5.89 Å². The van der Waals surface area contributed by atoms with E-state index in [1.165, 1.54) is 0 Å². The molecule has 0 aliphatic heterocycles. The van der Waals surface area contributed by atoms with Gasteiger partial charge < -0.3 is 10.3 Å². The predicted octanol–water partition coefficient (Wildman–Crippen LogP) is 1.34. The zero-order valence-corrected chi connectivity index (χ0v) is 9.84. The van der Waals surface area contributed by atoms with Gasteiger partial charge >= 0.3 is 0 Å². The third kappa shape index (κ3) is 3.64. The summed E-state index contributed by atoms with van der Waals surface area (Å²) in [5.74, 6) is 1.32. The lowest BCUT2D eigenvalue weighted by molar-refractivity contribution is 0.368. The third-order valence-electron chi connectivity index (χ3n) is 2.39. The van der Waals surface area contributed by atoms with Crippen LogP contribution in [0.15, 0.2) is 28.9 Å². The van der Waals surface area contributed by atoms with Crippen LogP contribution >= 0.6 is 0 Å². The molecule has 2 heterocycles. The monoisotopic (exact) mass is 232 g/mol. The first kappa shape index (κ1) is 11.7. The highest BCUT2D eigenvalue weighted by molar-refractivity contribution is 5.09. The van der Waals surface area contributed by atoms with Crippen molar-refractivity contribution in [1.29, 1.82) is 0 Å². The molecule has 5 nitrogen and oxygen atoms in total. The summed E-state index contributed by atoms with van der Waals surface area (Å²) in [4.78, 5) is 8.52. The molecule has 0 bridgehead atoms. The van der Waals surface area contributed by atoms with Gasteiger partial charge in [-0.2, -0.15) is 4.98 Å². The first-order chi connectivity index (χ1) is 8.24. The molecule has 0 aliphatic carbocycles. The van der Waals surface area contributed by atoms with Gasteiger partial charge in [0.05, 0.1) is 6.42 Å². The highest BCUT2D eigenvalue weighted by atomic mass is 16.5. The van der Waals surface area contributed by atoms with E-state index in [9.17, 15) is 0 Å². The van der Waals surface area contributed by atoms with E-state index in [0.717, 1.165) is 18.5 Å². The van der Waals surface area contributed by atoms with Gasteiger partial charge in [-0.3, -0.25) is 4.98 Å². The fraction of sp³-hybridized carbons (Fsp3) is 0.417. The number of hydrogen-bond donors (Lipinski definition) is 1. The molecule has 2 rings (SSSR count). The molecular weight excluding hydrogens is 216 g/mol. The largest absolute Gasteiger partial charge is 0.339 e. The predicted molar refractivity (Wildman–Crippen MR) is 63.3 cm³/mol. The SMILES string of the molecule is CC(N)CCc1nc(Cc2ccccn2)no1. The summed E-state index contributed by atoms with van der Waals surface area (Å²) in [5, 5.41) is 3.92. The Morgan fingerprint density at radius 3 is 3.00 bits per heavy atom. The van der Waals surface area contributed by atoms with Crippen LogP contribution in [0.5, 0.6) is 0 Å². The van der Waals surface area contributed by atoms with Crippen LogP contribution < -0.4 is 5.73 Å². The van der Waals surface area contributed by atoms with E-state index >= 15 is 0 Å². The highest BCUT2D eigenvalue weighted by Crippen LogP contribution is 2.06. The molecule has 2 aromatic heterocycles. The Kier molecular flexibility index (Phi) is 3.82. The summed E-state index contributed by atoms with van der Waals surface area (Å²) >= 11 is 0. The van der Waals surface area contributed by atoms with Gasteiger partial charge in [0.1, 0.15) is 0 Å². The number of aryl methyl sites for hydroxylation is 1. The lowest BCUT2D eigenvalue weighted by atomic mass is 10.2. The van der Waals surface area contributed by atoms with Crippen LogP contribution in [0.3, 0.4) is 0 Å². The van der Waals surface area contributed by atoms with Crippen molar-refractivity contribution >= 4 is 0 Å². The average molecular weight is 232 g/mol. The molecule has 0 radical (unpaired) electrons. The Balaban J connectivity index is 1.94. The van der Waals surface area contributed by atoms with Crippen molar-refractivity contribution in [2.45, 2.75) is 32.2 Å². The number of aromatic nitrogens is 3. The van der Waals surface area contributed by atoms with Gasteiger partial charge in [-0.05, 0) is 25.5 Å². The van der Waals surface area contributed by atoms with Crippen molar-refractivity contribution in [2.75, 3.05) is 0 Å². The van der Waals surface area contributed by atoms with Crippen LogP contribution in [-0.4, -0.2) is 21.2 Å². The minimum atomic E-state index is 0.154. The second-order valence-corrected chi connectivity index (χ2v) is 4.12. The van der Waals surface area contributed by atoms with Crippen molar-refractivity contribution in [3.8, 4) is 0 Å². The Morgan fingerprint density at radius 1 is 1.41 bits per heavy atom. The van der Waals surface area contributed by atoms with Crippen molar-refractivity contribution in [2.24, 2.45) is 5.73 Å². The maximum Gasteiger partial charge on any atom is 0.226 e. The molecule has 0 aliphatic rings. The molecule has 0 amide bonds. The minimum absolute atomic E-state index is 0.154. The minimum Gasteiger partial charge on any atom is -0.339 e. The quantitative estimate of drug-likeness (QED) is 0.841. The van der Waals surface area contributed by atoms with Crippen molar-refractivity contribution in [3.05, 3.63) is 41.8 Å². The summed E-state index contributed by atoms with van der Waals surface area (Å²) in [5.41, 5.74) is 6.61. The molecule has 5 heteroatoms. The van der Waals surface area contributed by atoms with Gasteiger partial charge in [0.15, 0.2) is 5.82 Å². The van der Waals surface area contributed by atoms with Gasteiger partial charge in [0.25, 0.3) is 0 Å². The maximum atomic E-state index is 5.67. The standard InChI is InChI=1S/C12H16N4O/c1-9(13)5-6-12-15-11(16-17-12)8-10-4-2-3-7-14-10/h2-4,7,9H,5-6,8,13H2,1H3. The fourth-order valence-corrected chi connectivity index (χ4v) is 1.48. The molecule has 2 N–H and O–H groups in total. The van der Waals surface area contributed by atoms with Crippen LogP contribution in [0, 0.1) is 0 Å². The zero-order chi connectivity index (χ0) is 12.1. The second kappa shape index (κ2) is 5.54. The molecule has 0 aromatic carbocycles. The second-order valence-electron chi connectivity index (χ2n) is 4.12. The lowest BCUT2D eigenvalue weighted by Crippen LogP contribution is -2.15. The van der Waals surface area contributed by atoms with E-state index in [4.69, 9.17) is 10.3 Å². The highest BCUT2D eigenvalue weighted by Gasteiger charge is 2.08. The van der Waals surface area contributed by atoms with Crippen molar-refractivity contribution in [1.82, 2.24) is 15.1 Å². The van der Waals surface area contributed by atoms with Crippen LogP contribution in [0.4, 0.5) is 0 Å². The number of rotatable bonds is 5. The van der Waals surface area contributed by atoms with Gasteiger partial charge in [-0.25, -0.2) is 0 Å².